The minimum atomic E-state index is 0.943. The Bertz CT molecular complexity index is 120. The topological polar surface area (TPSA) is 0 Å². The van der Waals surface area contributed by atoms with Crippen LogP contribution >= 0.6 is 0 Å². The lowest BCUT2D eigenvalue weighted by Crippen LogP contribution is -1.55. The zero-order valence-corrected chi connectivity index (χ0v) is 6.29. The van der Waals surface area contributed by atoms with E-state index < -0.39 is 0 Å². The van der Waals surface area contributed by atoms with Gasteiger partial charge in [0, 0.05) is 0 Å². The molecule has 0 fully saturated rings. The average molecular weight is 134 g/mol. The van der Waals surface area contributed by atoms with Crippen molar-refractivity contribution in [2.75, 3.05) is 0 Å². The number of hydrogen-bond acceptors (Lipinski definition) is 0. The van der Waals surface area contributed by atoms with Crippen LogP contribution in [0.4, 0.5) is 0 Å². The van der Waals surface area contributed by atoms with Gasteiger partial charge >= 0.3 is 0 Å². The Labute approximate surface area is 63.3 Å². The van der Waals surface area contributed by atoms with E-state index in [4.69, 9.17) is 0 Å². The van der Waals surface area contributed by atoms with Crippen molar-refractivity contribution in [3.05, 3.63) is 49.6 Å². The van der Waals surface area contributed by atoms with E-state index in [1.165, 1.54) is 0 Å². The third kappa shape index (κ3) is 6.96. The molecule has 54 valence electrons. The third-order valence-electron chi connectivity index (χ3n) is 0.989. The predicted molar refractivity (Wildman–Crippen MR) is 47.9 cm³/mol. The van der Waals surface area contributed by atoms with E-state index in [1.54, 1.807) is 0 Å². The summed E-state index contributed by atoms with van der Waals surface area (Å²) in [6.07, 6.45) is 13.8. The van der Waals surface area contributed by atoms with Gasteiger partial charge in [-0.25, -0.2) is 0 Å². The van der Waals surface area contributed by atoms with Crippen molar-refractivity contribution < 1.29 is 0 Å². The monoisotopic (exact) mass is 134 g/mol. The van der Waals surface area contributed by atoms with Gasteiger partial charge in [0.05, 0.1) is 0 Å². The van der Waals surface area contributed by atoms with E-state index in [0.29, 0.717) is 0 Å². The molecule has 10 heavy (non-hydrogen) atoms. The summed E-state index contributed by atoms with van der Waals surface area (Å²) in [7, 11) is 0. The van der Waals surface area contributed by atoms with Crippen molar-refractivity contribution in [3.63, 3.8) is 0 Å². The maximum Gasteiger partial charge on any atom is -0.0169 e. The molecule has 0 N–H and O–H groups in total. The lowest BCUT2D eigenvalue weighted by molar-refractivity contribution is 1.38. The van der Waals surface area contributed by atoms with Crippen LogP contribution in [-0.2, 0) is 0 Å². The van der Waals surface area contributed by atoms with Crippen molar-refractivity contribution in [3.8, 4) is 0 Å². The van der Waals surface area contributed by atoms with Gasteiger partial charge in [0.25, 0.3) is 0 Å². The Morgan fingerprint density at radius 2 is 1.20 bits per heavy atom. The summed E-state index contributed by atoms with van der Waals surface area (Å²) in [6.45, 7) is 7.21. The van der Waals surface area contributed by atoms with Crippen LogP contribution in [0.5, 0.6) is 0 Å². The molecule has 0 heterocycles. The highest BCUT2D eigenvalue weighted by Crippen LogP contribution is 1.87. The lowest BCUT2D eigenvalue weighted by atomic mass is 10.3. The summed E-state index contributed by atoms with van der Waals surface area (Å²) in [5.74, 6) is 0. The molecule has 0 nitrogen and oxygen atoms in total. The van der Waals surface area contributed by atoms with Gasteiger partial charge in [0.2, 0.25) is 0 Å². The molecule has 0 saturated carbocycles. The summed E-state index contributed by atoms with van der Waals surface area (Å²) in [5.41, 5.74) is 0. The Hall–Kier alpha value is -1.04. The van der Waals surface area contributed by atoms with Crippen LogP contribution in [0.1, 0.15) is 12.8 Å². The molecule has 0 heteroatoms. The summed E-state index contributed by atoms with van der Waals surface area (Å²) >= 11 is 0. The Morgan fingerprint density at radius 3 is 1.50 bits per heavy atom. The minimum absolute atomic E-state index is 0.943. The highest BCUT2D eigenvalue weighted by Gasteiger charge is 1.65. The van der Waals surface area contributed by atoms with Crippen LogP contribution in [0.15, 0.2) is 49.6 Å². The molecule has 0 atom stereocenters. The maximum absolute atomic E-state index is 3.60. The third-order valence-corrected chi connectivity index (χ3v) is 0.989. The second-order valence-electron chi connectivity index (χ2n) is 1.91. The van der Waals surface area contributed by atoms with E-state index >= 15 is 0 Å². The van der Waals surface area contributed by atoms with Gasteiger partial charge in [-0.2, -0.15) is 0 Å². The highest BCUT2D eigenvalue weighted by molar-refractivity contribution is 5.05. The Kier molecular flexibility index (Phi) is 7.13. The van der Waals surface area contributed by atoms with Crippen molar-refractivity contribution >= 4 is 0 Å². The van der Waals surface area contributed by atoms with Gasteiger partial charge < -0.3 is 0 Å². The van der Waals surface area contributed by atoms with Gasteiger partial charge in [-0.3, -0.25) is 0 Å². The molecular formula is C10H14. The fourth-order valence-corrected chi connectivity index (χ4v) is 0.507. The first-order valence-electron chi connectivity index (χ1n) is 3.45. The molecule has 0 spiro atoms. The van der Waals surface area contributed by atoms with Gasteiger partial charge in [-0.05, 0) is 12.8 Å². The Balaban J connectivity index is 3.31. The molecule has 0 amide bonds. The average Bonchev–Trinajstić information content (AvgIpc) is 1.97. The van der Waals surface area contributed by atoms with Crippen LogP contribution in [0.3, 0.4) is 0 Å². The fourth-order valence-electron chi connectivity index (χ4n) is 0.507. The zero-order valence-electron chi connectivity index (χ0n) is 6.29. The van der Waals surface area contributed by atoms with Crippen LogP contribution in [0.2, 0.25) is 0 Å². The first kappa shape index (κ1) is 8.96. The molecule has 0 aromatic heterocycles. The zero-order chi connectivity index (χ0) is 7.66. The fraction of sp³-hybridized carbons (Fsp3) is 0.200. The van der Waals surface area contributed by atoms with Crippen molar-refractivity contribution in [1.29, 1.82) is 0 Å². The molecule has 0 saturated heterocycles. The molecule has 0 aromatic rings. The van der Waals surface area contributed by atoms with Gasteiger partial charge in [0.1, 0.15) is 0 Å². The largest absolute Gasteiger partial charge is 0.103 e. The van der Waals surface area contributed by atoms with Gasteiger partial charge in [-0.15, -0.1) is 13.2 Å². The number of allylic oxidation sites excluding steroid dienone is 6. The van der Waals surface area contributed by atoms with Crippen molar-refractivity contribution in [2.24, 2.45) is 0 Å². The van der Waals surface area contributed by atoms with Crippen molar-refractivity contribution in [2.45, 2.75) is 12.8 Å². The molecule has 0 aliphatic carbocycles. The van der Waals surface area contributed by atoms with E-state index in [1.807, 2.05) is 24.3 Å². The lowest BCUT2D eigenvalue weighted by Gasteiger charge is -1.77. The second-order valence-corrected chi connectivity index (χ2v) is 1.91. The van der Waals surface area contributed by atoms with E-state index in [2.05, 4.69) is 25.3 Å². The molecule has 0 radical (unpaired) electrons. The van der Waals surface area contributed by atoms with E-state index in [-0.39, 0.29) is 0 Å². The first-order valence-corrected chi connectivity index (χ1v) is 3.45. The van der Waals surface area contributed by atoms with Gasteiger partial charge in [0.15, 0.2) is 0 Å². The van der Waals surface area contributed by atoms with Crippen LogP contribution < -0.4 is 0 Å². The standard InChI is InChI=1S/C10H14/c1-3-5-7-9-10-8-6-4-2/h3-4,7-10H,1-2,5-6H2/b9-7-,10-8-. The summed E-state index contributed by atoms with van der Waals surface area (Å²) in [6, 6.07) is 0. The van der Waals surface area contributed by atoms with E-state index in [9.17, 15) is 0 Å². The van der Waals surface area contributed by atoms with Crippen LogP contribution in [-0.4, -0.2) is 0 Å². The molecule has 0 unspecified atom stereocenters. The molecule has 0 aliphatic heterocycles. The summed E-state index contributed by atoms with van der Waals surface area (Å²) < 4.78 is 0. The minimum Gasteiger partial charge on any atom is -0.103 e. The molecule has 0 rings (SSSR count). The predicted octanol–water partition coefficient (Wildman–Crippen LogP) is 3.25. The smallest absolute Gasteiger partial charge is 0.0169 e. The molecular weight excluding hydrogens is 120 g/mol. The summed E-state index contributed by atoms with van der Waals surface area (Å²) in [4.78, 5) is 0. The summed E-state index contributed by atoms with van der Waals surface area (Å²) in [5, 5.41) is 0. The normalized spacial score (nSPS) is 10.8. The quantitative estimate of drug-likeness (QED) is 0.400. The Morgan fingerprint density at radius 1 is 0.800 bits per heavy atom. The van der Waals surface area contributed by atoms with Crippen LogP contribution in [0.25, 0.3) is 0 Å². The van der Waals surface area contributed by atoms with Gasteiger partial charge in [-0.1, -0.05) is 36.5 Å². The maximum atomic E-state index is 3.60. The molecule has 0 bridgehead atoms. The molecule has 0 aliphatic rings. The second kappa shape index (κ2) is 7.96. The molecule has 0 aromatic carbocycles. The van der Waals surface area contributed by atoms with E-state index in [0.717, 1.165) is 12.8 Å². The number of hydrogen-bond donors (Lipinski definition) is 0. The highest BCUT2D eigenvalue weighted by atomic mass is 13.7. The van der Waals surface area contributed by atoms with Crippen molar-refractivity contribution in [1.82, 2.24) is 0 Å². The number of rotatable bonds is 5. The SMILES string of the molecule is C=CC/C=C\C=C/CC=C. The van der Waals surface area contributed by atoms with Crippen LogP contribution in [0, 0.1) is 0 Å². The first-order chi connectivity index (χ1) is 4.91.